The van der Waals surface area contributed by atoms with Crippen LogP contribution in [-0.4, -0.2) is 44.5 Å². The van der Waals surface area contributed by atoms with Gasteiger partial charge in [-0.1, -0.05) is 66.7 Å². The van der Waals surface area contributed by atoms with Gasteiger partial charge >= 0.3 is 19.4 Å². The Bertz CT molecular complexity index is 1870. The smallest absolute Gasteiger partial charge is 0.460 e. The SMILES string of the molecule is C[C@H](N[P@@](=O)(Oc1cccc2ccccc12)OC1([C@H]2O[C@@H](n3cc(F)c(=O)[nH]c3=O)CC2O)CC1)C(=O)OCc1ccccc1. The van der Waals surface area contributed by atoms with Gasteiger partial charge in [0.05, 0.1) is 12.3 Å². The van der Waals surface area contributed by atoms with E-state index in [9.17, 15) is 28.4 Å². The molecule has 0 spiro atoms. The fourth-order valence-electron chi connectivity index (χ4n) is 5.38. The average Bonchev–Trinajstić information content (AvgIpc) is 3.68. The molecule has 0 radical (unpaired) electrons. The normalized spacial score (nSPS) is 22.4. The van der Waals surface area contributed by atoms with E-state index in [-0.39, 0.29) is 18.8 Å². The molecule has 2 heterocycles. The first-order valence-corrected chi connectivity index (χ1v) is 15.9. The standard InChI is InChI=1S/C31H31FN3O9P/c1-19(29(38)41-18-20-8-3-2-4-9-20)34-45(40,43-25-13-7-11-21-10-5-6-12-22(21)25)44-31(14-15-31)27-24(36)16-26(42-27)35-17-23(32)28(37)33-30(35)39/h2-13,17,19,24,26-27,36H,14-16,18H2,1H3,(H,34,40)(H,33,37,39)/t19-,24?,26+,27-,45+/m0/s1. The molecule has 4 aromatic rings. The number of benzene rings is 3. The van der Waals surface area contributed by atoms with Crippen LogP contribution in [0.5, 0.6) is 5.75 Å². The van der Waals surface area contributed by atoms with Crippen LogP contribution in [0.15, 0.2) is 88.6 Å². The molecular weight excluding hydrogens is 608 g/mol. The summed E-state index contributed by atoms with van der Waals surface area (Å²) in [5.74, 6) is -1.67. The van der Waals surface area contributed by atoms with Crippen LogP contribution >= 0.6 is 7.75 Å². The van der Waals surface area contributed by atoms with Crippen molar-refractivity contribution in [3.63, 3.8) is 0 Å². The molecule has 1 aliphatic heterocycles. The van der Waals surface area contributed by atoms with Crippen LogP contribution in [0, 0.1) is 5.82 Å². The Kier molecular flexibility index (Phi) is 8.47. The third-order valence-electron chi connectivity index (χ3n) is 7.79. The van der Waals surface area contributed by atoms with Gasteiger partial charge < -0.3 is 19.1 Å². The Morgan fingerprint density at radius 2 is 1.84 bits per heavy atom. The second-order valence-corrected chi connectivity index (χ2v) is 12.7. The molecule has 3 N–H and O–H groups in total. The van der Waals surface area contributed by atoms with E-state index in [2.05, 4.69) is 5.09 Å². The van der Waals surface area contributed by atoms with Gasteiger partial charge in [-0.15, -0.1) is 0 Å². The van der Waals surface area contributed by atoms with Gasteiger partial charge in [-0.05, 0) is 36.8 Å². The van der Waals surface area contributed by atoms with E-state index in [1.165, 1.54) is 6.92 Å². The molecule has 1 aliphatic carbocycles. The molecule has 45 heavy (non-hydrogen) atoms. The molecule has 1 saturated heterocycles. The highest BCUT2D eigenvalue weighted by Crippen LogP contribution is 2.60. The molecule has 236 valence electrons. The van der Waals surface area contributed by atoms with Crippen molar-refractivity contribution >= 4 is 24.5 Å². The Labute approximate surface area is 256 Å². The molecule has 1 aromatic heterocycles. The number of aliphatic hydroxyl groups is 1. The lowest BCUT2D eigenvalue weighted by atomic mass is 10.1. The lowest BCUT2D eigenvalue weighted by Crippen LogP contribution is -2.42. The first-order chi connectivity index (χ1) is 21.6. The minimum absolute atomic E-state index is 0.000814. The number of nitrogens with zero attached hydrogens (tertiary/aromatic N) is 1. The highest BCUT2D eigenvalue weighted by Gasteiger charge is 2.61. The molecule has 12 nitrogen and oxygen atoms in total. The summed E-state index contributed by atoms with van der Waals surface area (Å²) in [7, 11) is -4.42. The number of ether oxygens (including phenoxy) is 2. The second-order valence-electron chi connectivity index (χ2n) is 11.1. The minimum Gasteiger partial charge on any atom is -0.460 e. The summed E-state index contributed by atoms with van der Waals surface area (Å²) in [6.07, 6.45) is -2.27. The van der Waals surface area contributed by atoms with Crippen LogP contribution in [0.3, 0.4) is 0 Å². The fourth-order valence-corrected chi connectivity index (χ4v) is 7.29. The van der Waals surface area contributed by atoms with Gasteiger partial charge in [0.15, 0.2) is 0 Å². The highest BCUT2D eigenvalue weighted by molar-refractivity contribution is 7.52. The molecule has 0 amide bonds. The number of hydrogen-bond donors (Lipinski definition) is 3. The highest BCUT2D eigenvalue weighted by atomic mass is 31.2. The van der Waals surface area contributed by atoms with E-state index in [0.717, 1.165) is 15.5 Å². The maximum Gasteiger partial charge on any atom is 0.460 e. The van der Waals surface area contributed by atoms with E-state index >= 15 is 0 Å². The lowest BCUT2D eigenvalue weighted by Gasteiger charge is -2.31. The summed E-state index contributed by atoms with van der Waals surface area (Å²) in [6, 6.07) is 20.4. The number of halogens is 1. The number of hydrogen-bond acceptors (Lipinski definition) is 9. The fraction of sp³-hybridized carbons (Fsp3) is 0.323. The maximum absolute atomic E-state index is 14.6. The molecule has 2 aliphatic rings. The zero-order valence-corrected chi connectivity index (χ0v) is 25.0. The predicted molar refractivity (Wildman–Crippen MR) is 160 cm³/mol. The quantitative estimate of drug-likeness (QED) is 0.162. The van der Waals surface area contributed by atoms with Gasteiger partial charge in [0, 0.05) is 11.8 Å². The predicted octanol–water partition coefficient (Wildman–Crippen LogP) is 3.94. The van der Waals surface area contributed by atoms with Crippen LogP contribution < -0.4 is 20.9 Å². The van der Waals surface area contributed by atoms with Gasteiger partial charge in [0.2, 0.25) is 5.82 Å². The summed E-state index contributed by atoms with van der Waals surface area (Å²) in [6.45, 7) is 1.46. The number of carbonyl (C=O) groups is 1. The van der Waals surface area contributed by atoms with E-state index in [0.29, 0.717) is 24.4 Å². The molecule has 0 bridgehead atoms. The van der Waals surface area contributed by atoms with Crippen molar-refractivity contribution < 1.29 is 37.4 Å². The van der Waals surface area contributed by atoms with Gasteiger partial charge in [0.25, 0.3) is 5.56 Å². The number of aromatic amines is 1. The summed E-state index contributed by atoms with van der Waals surface area (Å²) in [5.41, 5.74) is -2.66. The Balaban J connectivity index is 1.26. The Morgan fingerprint density at radius 1 is 1.13 bits per heavy atom. The number of nitrogens with one attached hydrogen (secondary N) is 2. The minimum atomic E-state index is -4.42. The first kappa shape index (κ1) is 30.9. The number of rotatable bonds is 11. The first-order valence-electron chi connectivity index (χ1n) is 14.4. The molecule has 1 saturated carbocycles. The third-order valence-corrected chi connectivity index (χ3v) is 9.54. The largest absolute Gasteiger partial charge is 0.460 e. The van der Waals surface area contributed by atoms with Crippen molar-refractivity contribution in [2.24, 2.45) is 0 Å². The van der Waals surface area contributed by atoms with Gasteiger partial charge in [-0.3, -0.25) is 23.7 Å². The third kappa shape index (κ3) is 6.63. The zero-order valence-electron chi connectivity index (χ0n) is 24.1. The Morgan fingerprint density at radius 3 is 2.60 bits per heavy atom. The van der Waals surface area contributed by atoms with Gasteiger partial charge in [-0.25, -0.2) is 9.36 Å². The van der Waals surface area contributed by atoms with Crippen molar-refractivity contribution in [2.45, 2.75) is 62.9 Å². The van der Waals surface area contributed by atoms with Crippen molar-refractivity contribution in [1.82, 2.24) is 14.6 Å². The maximum atomic E-state index is 14.6. The van der Waals surface area contributed by atoms with Crippen molar-refractivity contribution in [3.8, 4) is 5.75 Å². The van der Waals surface area contributed by atoms with Gasteiger partial charge in [-0.2, -0.15) is 9.48 Å². The van der Waals surface area contributed by atoms with Gasteiger partial charge in [0.1, 0.15) is 36.3 Å². The molecular formula is C31H31FN3O9P. The average molecular weight is 640 g/mol. The van der Waals surface area contributed by atoms with Crippen LogP contribution in [-0.2, 0) is 30.0 Å². The molecule has 3 aromatic carbocycles. The zero-order chi connectivity index (χ0) is 31.8. The van der Waals surface area contributed by atoms with Crippen LogP contribution in [0.2, 0.25) is 0 Å². The number of aromatic nitrogens is 2. The second kappa shape index (κ2) is 12.3. The number of fused-ring (bicyclic) bond motifs is 1. The topological polar surface area (TPSA) is 158 Å². The van der Waals surface area contributed by atoms with Crippen molar-refractivity contribution in [2.75, 3.05) is 0 Å². The van der Waals surface area contributed by atoms with E-state index in [1.807, 2.05) is 41.4 Å². The van der Waals surface area contributed by atoms with E-state index < -0.39 is 60.9 Å². The van der Waals surface area contributed by atoms with E-state index in [1.54, 1.807) is 36.4 Å². The molecule has 14 heteroatoms. The number of aliphatic hydroxyl groups excluding tert-OH is 1. The molecule has 5 atom stereocenters. The molecule has 6 rings (SSSR count). The van der Waals surface area contributed by atoms with Crippen LogP contribution in [0.4, 0.5) is 4.39 Å². The lowest BCUT2D eigenvalue weighted by molar-refractivity contribution is -0.146. The summed E-state index contributed by atoms with van der Waals surface area (Å²) in [5, 5.41) is 15.1. The molecule has 2 fully saturated rings. The summed E-state index contributed by atoms with van der Waals surface area (Å²) >= 11 is 0. The molecule has 1 unspecified atom stereocenters. The number of esters is 1. The Hall–Kier alpha value is -4.13. The number of H-pyrrole nitrogens is 1. The summed E-state index contributed by atoms with van der Waals surface area (Å²) < 4.78 is 53.1. The van der Waals surface area contributed by atoms with Crippen LogP contribution in [0.25, 0.3) is 10.8 Å². The van der Waals surface area contributed by atoms with Crippen molar-refractivity contribution in [1.29, 1.82) is 0 Å². The summed E-state index contributed by atoms with van der Waals surface area (Å²) in [4.78, 5) is 38.7. The van der Waals surface area contributed by atoms with E-state index in [4.69, 9.17) is 18.5 Å². The van der Waals surface area contributed by atoms with Crippen molar-refractivity contribution in [3.05, 3.63) is 111 Å². The number of carbonyl (C=O) groups excluding carboxylic acids is 1. The van der Waals surface area contributed by atoms with Crippen LogP contribution in [0.1, 0.15) is 38.0 Å². The monoisotopic (exact) mass is 639 g/mol.